The summed E-state index contributed by atoms with van der Waals surface area (Å²) in [5, 5.41) is 27.6. The lowest BCUT2D eigenvalue weighted by Crippen LogP contribution is -1.97. The van der Waals surface area contributed by atoms with Crippen LogP contribution in [-0.2, 0) is 13.2 Å². The molecular weight excluding hydrogens is 577 g/mol. The van der Waals surface area contributed by atoms with Crippen molar-refractivity contribution in [1.82, 2.24) is 19.5 Å². The van der Waals surface area contributed by atoms with Gasteiger partial charge < -0.3 is 21.3 Å². The molecule has 0 amide bonds. The van der Waals surface area contributed by atoms with Crippen LogP contribution in [0.1, 0.15) is 11.1 Å². The molecule has 3 aromatic heterocycles. The van der Waals surface area contributed by atoms with E-state index in [2.05, 4.69) is 38.5 Å². The van der Waals surface area contributed by atoms with E-state index in [1.807, 2.05) is 88.5 Å². The van der Waals surface area contributed by atoms with Gasteiger partial charge in [0.1, 0.15) is 16.3 Å². The van der Waals surface area contributed by atoms with Crippen LogP contribution in [0.25, 0.3) is 37.9 Å². The van der Waals surface area contributed by atoms with E-state index in [4.69, 9.17) is 10.8 Å². The quantitative estimate of drug-likeness (QED) is 0.141. The van der Waals surface area contributed by atoms with E-state index in [-0.39, 0.29) is 13.2 Å². The van der Waals surface area contributed by atoms with Crippen LogP contribution in [-0.4, -0.2) is 29.7 Å². The van der Waals surface area contributed by atoms with E-state index in [1.165, 1.54) is 0 Å². The van der Waals surface area contributed by atoms with Crippen molar-refractivity contribution < 1.29 is 10.2 Å². The van der Waals surface area contributed by atoms with Crippen molar-refractivity contribution >= 4 is 50.8 Å². The molecule has 0 bridgehead atoms. The van der Waals surface area contributed by atoms with Crippen LogP contribution in [0.2, 0.25) is 0 Å². The van der Waals surface area contributed by atoms with E-state index >= 15 is 0 Å². The van der Waals surface area contributed by atoms with Crippen molar-refractivity contribution in [1.29, 1.82) is 0 Å². The molecular formula is C33H28N6O2S2. The van der Waals surface area contributed by atoms with Crippen LogP contribution in [0.3, 0.4) is 0 Å². The van der Waals surface area contributed by atoms with Crippen LogP contribution in [0, 0.1) is 0 Å². The summed E-state index contributed by atoms with van der Waals surface area (Å²) < 4.78 is 2.05. The highest BCUT2D eigenvalue weighted by atomic mass is 32.1. The smallest absolute Gasteiger partial charge is 0.123 e. The van der Waals surface area contributed by atoms with Crippen LogP contribution in [0.5, 0.6) is 0 Å². The second-order valence-corrected chi connectivity index (χ2v) is 11.4. The number of benzene rings is 4. The lowest BCUT2D eigenvalue weighted by Gasteiger charge is -2.11. The highest BCUT2D eigenvalue weighted by Gasteiger charge is 2.08. The lowest BCUT2D eigenvalue weighted by molar-refractivity contribution is 0.281. The molecule has 7 aromatic rings. The molecule has 0 aliphatic heterocycles. The molecule has 0 unspecified atom stereocenters. The zero-order valence-electron chi connectivity index (χ0n) is 23.0. The number of nitrogens with two attached hydrogens (primary N) is 1. The Balaban J connectivity index is 0.000000153. The van der Waals surface area contributed by atoms with Gasteiger partial charge in [-0.25, -0.2) is 15.0 Å². The number of imidazole rings is 1. The van der Waals surface area contributed by atoms with Crippen molar-refractivity contribution in [2.45, 2.75) is 13.2 Å². The van der Waals surface area contributed by atoms with Gasteiger partial charge in [-0.05, 0) is 59.7 Å². The third-order valence-electron chi connectivity index (χ3n) is 6.72. The molecule has 0 saturated carbocycles. The summed E-state index contributed by atoms with van der Waals surface area (Å²) in [4.78, 5) is 13.1. The van der Waals surface area contributed by atoms with Crippen molar-refractivity contribution in [3.05, 3.63) is 126 Å². The molecule has 214 valence electrons. The fourth-order valence-corrected chi connectivity index (χ4v) is 5.86. The molecule has 7 rings (SSSR count). The fourth-order valence-electron chi connectivity index (χ4n) is 4.59. The Bertz CT molecular complexity index is 1950. The minimum atomic E-state index is -0.00991. The number of hydrogen-bond acceptors (Lipinski definition) is 9. The molecule has 5 N–H and O–H groups in total. The highest BCUT2D eigenvalue weighted by Crippen LogP contribution is 2.29. The third-order valence-corrected chi connectivity index (χ3v) is 8.36. The topological polar surface area (TPSA) is 122 Å². The zero-order valence-corrected chi connectivity index (χ0v) is 24.6. The third kappa shape index (κ3) is 6.47. The molecule has 0 radical (unpaired) electrons. The standard InChI is InChI=1S/C17H13N3OS.C16H15N3OS/c21-10-12-4-5-16-15(8-12)19-11-20(16)14-3-1-2-13(9-14)17-18-6-7-22-17;17-14-8-11(10-20)4-5-15(14)19-13-3-1-2-12(9-13)16-18-6-7-21-16/h1-9,11,21H,10H2;1-9,19-20H,10,17H2. The average Bonchev–Trinajstić information content (AvgIpc) is 3.85. The number of nitrogens with one attached hydrogen (secondary N) is 1. The summed E-state index contributed by atoms with van der Waals surface area (Å²) in [5.74, 6) is 0. The summed E-state index contributed by atoms with van der Waals surface area (Å²) in [6.45, 7) is 0.0202. The van der Waals surface area contributed by atoms with Gasteiger partial charge in [-0.1, -0.05) is 36.4 Å². The first-order valence-electron chi connectivity index (χ1n) is 13.4. The number of hydrogen-bond donors (Lipinski definition) is 4. The number of nitrogens with zero attached hydrogens (tertiary/aromatic N) is 4. The number of aliphatic hydroxyl groups excluding tert-OH is 2. The van der Waals surface area contributed by atoms with Crippen molar-refractivity contribution in [2.24, 2.45) is 0 Å². The number of fused-ring (bicyclic) bond motifs is 1. The first-order chi connectivity index (χ1) is 21.1. The predicted octanol–water partition coefficient (Wildman–Crippen LogP) is 7.27. The molecule has 0 fully saturated rings. The van der Waals surface area contributed by atoms with E-state index in [0.717, 1.165) is 60.4 Å². The molecule has 0 aliphatic rings. The van der Waals surface area contributed by atoms with Gasteiger partial charge in [0.05, 0.1) is 35.6 Å². The summed E-state index contributed by atoms with van der Waals surface area (Å²) in [6.07, 6.45) is 5.42. The predicted molar refractivity (Wildman–Crippen MR) is 176 cm³/mol. The second-order valence-electron chi connectivity index (χ2n) is 9.61. The minimum Gasteiger partial charge on any atom is -0.397 e. The Hall–Kier alpha value is -4.87. The van der Waals surface area contributed by atoms with Gasteiger partial charge in [-0.15, -0.1) is 22.7 Å². The van der Waals surface area contributed by atoms with Gasteiger partial charge in [0.2, 0.25) is 0 Å². The van der Waals surface area contributed by atoms with Gasteiger partial charge in [0.25, 0.3) is 0 Å². The van der Waals surface area contributed by atoms with E-state index < -0.39 is 0 Å². The molecule has 43 heavy (non-hydrogen) atoms. The highest BCUT2D eigenvalue weighted by molar-refractivity contribution is 7.13. The van der Waals surface area contributed by atoms with E-state index in [1.54, 1.807) is 34.9 Å². The van der Waals surface area contributed by atoms with Gasteiger partial charge in [-0.3, -0.25) is 4.57 Å². The van der Waals surface area contributed by atoms with Crippen molar-refractivity contribution in [2.75, 3.05) is 11.1 Å². The minimum absolute atomic E-state index is 0.00991. The summed E-state index contributed by atoms with van der Waals surface area (Å²) >= 11 is 3.23. The van der Waals surface area contributed by atoms with E-state index in [9.17, 15) is 5.11 Å². The number of nitrogen functional groups attached to an aromatic ring is 1. The first-order valence-corrected chi connectivity index (χ1v) is 15.2. The molecule has 0 spiro atoms. The van der Waals surface area contributed by atoms with Gasteiger partial charge in [-0.2, -0.15) is 0 Å². The van der Waals surface area contributed by atoms with Gasteiger partial charge in [0, 0.05) is 45.7 Å². The summed E-state index contributed by atoms with van der Waals surface area (Å²) in [5.41, 5.74) is 15.2. The maximum Gasteiger partial charge on any atom is 0.123 e. The molecule has 0 saturated heterocycles. The lowest BCUT2D eigenvalue weighted by atomic mass is 10.1. The van der Waals surface area contributed by atoms with E-state index in [0.29, 0.717) is 5.69 Å². The normalized spacial score (nSPS) is 10.8. The number of anilines is 3. The molecule has 0 aliphatic carbocycles. The van der Waals surface area contributed by atoms with Gasteiger partial charge in [0.15, 0.2) is 0 Å². The van der Waals surface area contributed by atoms with Crippen molar-refractivity contribution in [3.63, 3.8) is 0 Å². The largest absolute Gasteiger partial charge is 0.397 e. The fraction of sp³-hybridized carbons (Fsp3) is 0.0606. The number of rotatable bonds is 7. The molecule has 3 heterocycles. The van der Waals surface area contributed by atoms with Gasteiger partial charge >= 0.3 is 0 Å². The van der Waals surface area contributed by atoms with Crippen LogP contribution in [0.15, 0.2) is 114 Å². The average molecular weight is 605 g/mol. The Morgan fingerprint density at radius 1 is 0.721 bits per heavy atom. The number of aliphatic hydroxyl groups is 2. The summed E-state index contributed by atoms with van der Waals surface area (Å²) in [7, 11) is 0. The van der Waals surface area contributed by atoms with Crippen LogP contribution < -0.4 is 11.1 Å². The number of thiazole rings is 2. The van der Waals surface area contributed by atoms with Crippen molar-refractivity contribution in [3.8, 4) is 26.8 Å². The first kappa shape index (κ1) is 28.3. The molecule has 8 nitrogen and oxygen atoms in total. The summed E-state index contributed by atoms with van der Waals surface area (Å²) in [6, 6.07) is 27.6. The maximum atomic E-state index is 9.22. The molecule has 4 aromatic carbocycles. The monoisotopic (exact) mass is 604 g/mol. The zero-order chi connectivity index (χ0) is 29.6. The van der Waals surface area contributed by atoms with Crippen LogP contribution >= 0.6 is 22.7 Å². The SMILES string of the molecule is Nc1cc(CO)ccc1Nc1cccc(-c2nccs2)c1.OCc1ccc2c(c1)ncn2-c1cccc(-c2nccs2)c1. The Labute approximate surface area is 256 Å². The molecule has 0 atom stereocenters. The van der Waals surface area contributed by atoms with Crippen LogP contribution in [0.4, 0.5) is 17.1 Å². The number of aromatic nitrogens is 4. The Kier molecular flexibility index (Phi) is 8.52. The maximum absolute atomic E-state index is 9.22. The Morgan fingerprint density at radius 2 is 1.40 bits per heavy atom. The second kappa shape index (κ2) is 13.0. The Morgan fingerprint density at radius 3 is 2.07 bits per heavy atom. The molecule has 10 heteroatoms.